The number of carbonyl (C=O) groups is 1. The third kappa shape index (κ3) is 5.31. The second-order valence-corrected chi connectivity index (χ2v) is 4.78. The molecule has 0 radical (unpaired) electrons. The molecule has 0 aliphatic carbocycles. The lowest BCUT2D eigenvalue weighted by molar-refractivity contribution is -0.119. The summed E-state index contributed by atoms with van der Waals surface area (Å²) in [4.78, 5) is 19.8. The minimum Gasteiger partial charge on any atom is -0.361 e. The maximum atomic E-state index is 11.5. The average molecular weight is 271 g/mol. The van der Waals surface area contributed by atoms with Gasteiger partial charge in [0.15, 0.2) is 0 Å². The Labute approximate surface area is 112 Å². The van der Waals surface area contributed by atoms with E-state index in [1.54, 1.807) is 6.07 Å². The molecule has 5 nitrogen and oxygen atoms in total. The zero-order chi connectivity index (χ0) is 13.5. The van der Waals surface area contributed by atoms with Gasteiger partial charge in [-0.25, -0.2) is 9.97 Å². The molecule has 0 atom stereocenters. The number of hydrogen-bond donors (Lipinski definition) is 2. The molecule has 18 heavy (non-hydrogen) atoms. The Kier molecular flexibility index (Phi) is 5.85. The first kappa shape index (κ1) is 14.7. The number of carbonyl (C=O) groups excluding carboxylic acids is 1. The molecule has 0 aliphatic heterocycles. The van der Waals surface area contributed by atoms with E-state index < -0.39 is 0 Å². The summed E-state index contributed by atoms with van der Waals surface area (Å²) in [6.07, 6.45) is 0.703. The van der Waals surface area contributed by atoms with Crippen molar-refractivity contribution < 1.29 is 4.79 Å². The molecular weight excluding hydrogens is 252 g/mol. The second kappa shape index (κ2) is 7.16. The van der Waals surface area contributed by atoms with Crippen LogP contribution in [-0.4, -0.2) is 29.0 Å². The molecule has 1 aromatic heterocycles. The highest BCUT2D eigenvalue weighted by atomic mass is 35.5. The SMILES string of the molecule is CCc1nc(Cl)cc(NCC(=O)NCC(C)C)n1. The summed E-state index contributed by atoms with van der Waals surface area (Å²) in [7, 11) is 0. The Morgan fingerprint density at radius 2 is 2.17 bits per heavy atom. The maximum Gasteiger partial charge on any atom is 0.239 e. The van der Waals surface area contributed by atoms with Crippen molar-refractivity contribution >= 4 is 23.3 Å². The van der Waals surface area contributed by atoms with E-state index in [4.69, 9.17) is 11.6 Å². The van der Waals surface area contributed by atoms with E-state index in [1.165, 1.54) is 0 Å². The smallest absolute Gasteiger partial charge is 0.239 e. The average Bonchev–Trinajstić information content (AvgIpc) is 2.33. The molecule has 0 unspecified atom stereocenters. The van der Waals surface area contributed by atoms with Gasteiger partial charge in [-0.15, -0.1) is 0 Å². The lowest BCUT2D eigenvalue weighted by atomic mass is 10.2. The number of aromatic nitrogens is 2. The third-order valence-electron chi connectivity index (χ3n) is 2.19. The number of aryl methyl sites for hydroxylation is 1. The summed E-state index contributed by atoms with van der Waals surface area (Å²) in [5.41, 5.74) is 0. The molecule has 1 heterocycles. The standard InChI is InChI=1S/C12H19ClN4O/c1-4-10-16-9(13)5-11(17-10)14-7-12(18)15-6-8(2)3/h5,8H,4,6-7H2,1-3H3,(H,15,18)(H,14,16,17). The number of rotatable bonds is 6. The van der Waals surface area contributed by atoms with Crippen LogP contribution in [0.1, 0.15) is 26.6 Å². The van der Waals surface area contributed by atoms with Gasteiger partial charge in [0.1, 0.15) is 16.8 Å². The number of halogens is 1. The zero-order valence-electron chi connectivity index (χ0n) is 11.0. The molecule has 0 saturated carbocycles. The third-order valence-corrected chi connectivity index (χ3v) is 2.39. The number of nitrogens with zero attached hydrogens (tertiary/aromatic N) is 2. The minimum absolute atomic E-state index is 0.0588. The summed E-state index contributed by atoms with van der Waals surface area (Å²) in [5.74, 6) is 1.62. The molecule has 100 valence electrons. The minimum atomic E-state index is -0.0588. The first-order valence-corrected chi connectivity index (χ1v) is 6.43. The van der Waals surface area contributed by atoms with E-state index in [2.05, 4.69) is 20.6 Å². The van der Waals surface area contributed by atoms with E-state index in [0.717, 1.165) is 0 Å². The van der Waals surface area contributed by atoms with Crippen molar-refractivity contribution in [2.45, 2.75) is 27.2 Å². The Morgan fingerprint density at radius 1 is 1.44 bits per heavy atom. The van der Waals surface area contributed by atoms with Gasteiger partial charge in [0, 0.05) is 19.0 Å². The van der Waals surface area contributed by atoms with Crippen LogP contribution in [0.2, 0.25) is 5.15 Å². The molecular formula is C12H19ClN4O. The van der Waals surface area contributed by atoms with Gasteiger partial charge in [0.2, 0.25) is 5.91 Å². The molecule has 1 amide bonds. The Hall–Kier alpha value is -1.36. The zero-order valence-corrected chi connectivity index (χ0v) is 11.7. The van der Waals surface area contributed by atoms with Crippen LogP contribution in [-0.2, 0) is 11.2 Å². The normalized spacial score (nSPS) is 10.5. The topological polar surface area (TPSA) is 66.9 Å². The fourth-order valence-corrected chi connectivity index (χ4v) is 1.47. The van der Waals surface area contributed by atoms with E-state index >= 15 is 0 Å². The van der Waals surface area contributed by atoms with Gasteiger partial charge in [0.25, 0.3) is 0 Å². The molecule has 0 fully saturated rings. The predicted molar refractivity (Wildman–Crippen MR) is 72.8 cm³/mol. The maximum absolute atomic E-state index is 11.5. The molecule has 0 spiro atoms. The summed E-state index contributed by atoms with van der Waals surface area (Å²) >= 11 is 5.86. The van der Waals surface area contributed by atoms with Crippen molar-refractivity contribution in [3.8, 4) is 0 Å². The Bertz CT molecular complexity index is 409. The van der Waals surface area contributed by atoms with Crippen molar-refractivity contribution in [3.63, 3.8) is 0 Å². The van der Waals surface area contributed by atoms with Crippen molar-refractivity contribution in [3.05, 3.63) is 17.0 Å². The lowest BCUT2D eigenvalue weighted by Gasteiger charge is -2.09. The monoisotopic (exact) mass is 270 g/mol. The Morgan fingerprint density at radius 3 is 2.78 bits per heavy atom. The van der Waals surface area contributed by atoms with Crippen molar-refractivity contribution in [1.82, 2.24) is 15.3 Å². The summed E-state index contributed by atoms with van der Waals surface area (Å²) < 4.78 is 0. The molecule has 0 aliphatic rings. The van der Waals surface area contributed by atoms with Crippen molar-refractivity contribution in [2.24, 2.45) is 5.92 Å². The number of anilines is 1. The summed E-state index contributed by atoms with van der Waals surface area (Å²) in [6, 6.07) is 1.61. The van der Waals surface area contributed by atoms with Crippen LogP contribution in [0.4, 0.5) is 5.82 Å². The highest BCUT2D eigenvalue weighted by Gasteiger charge is 2.05. The molecule has 1 rings (SSSR count). The molecule has 0 aromatic carbocycles. The number of amides is 1. The van der Waals surface area contributed by atoms with Crippen molar-refractivity contribution in [2.75, 3.05) is 18.4 Å². The fraction of sp³-hybridized carbons (Fsp3) is 0.583. The predicted octanol–water partition coefficient (Wildman–Crippen LogP) is 1.88. The lowest BCUT2D eigenvalue weighted by Crippen LogP contribution is -2.32. The van der Waals surface area contributed by atoms with Crippen molar-refractivity contribution in [1.29, 1.82) is 0 Å². The van der Waals surface area contributed by atoms with Crippen LogP contribution in [0, 0.1) is 5.92 Å². The van der Waals surface area contributed by atoms with E-state index in [0.29, 0.717) is 35.7 Å². The van der Waals surface area contributed by atoms with Crippen LogP contribution in [0.25, 0.3) is 0 Å². The van der Waals surface area contributed by atoms with Crippen LogP contribution >= 0.6 is 11.6 Å². The van der Waals surface area contributed by atoms with Gasteiger partial charge >= 0.3 is 0 Å². The highest BCUT2D eigenvalue weighted by Crippen LogP contribution is 2.11. The van der Waals surface area contributed by atoms with Gasteiger partial charge < -0.3 is 10.6 Å². The molecule has 1 aromatic rings. The second-order valence-electron chi connectivity index (χ2n) is 4.40. The van der Waals surface area contributed by atoms with Crippen LogP contribution < -0.4 is 10.6 Å². The highest BCUT2D eigenvalue weighted by molar-refractivity contribution is 6.29. The van der Waals surface area contributed by atoms with E-state index in [9.17, 15) is 4.79 Å². The van der Waals surface area contributed by atoms with Gasteiger partial charge in [-0.3, -0.25) is 4.79 Å². The Balaban J connectivity index is 2.47. The first-order valence-electron chi connectivity index (χ1n) is 6.05. The summed E-state index contributed by atoms with van der Waals surface area (Å²) in [6.45, 7) is 6.90. The van der Waals surface area contributed by atoms with Crippen LogP contribution in [0.15, 0.2) is 6.07 Å². The largest absolute Gasteiger partial charge is 0.361 e. The quantitative estimate of drug-likeness (QED) is 0.775. The van der Waals surface area contributed by atoms with E-state index in [-0.39, 0.29) is 12.5 Å². The number of nitrogens with one attached hydrogen (secondary N) is 2. The first-order chi connectivity index (χ1) is 8.51. The molecule has 0 saturated heterocycles. The fourth-order valence-electron chi connectivity index (χ4n) is 1.26. The molecule has 2 N–H and O–H groups in total. The molecule has 0 bridgehead atoms. The van der Waals surface area contributed by atoms with Gasteiger partial charge in [-0.1, -0.05) is 32.4 Å². The summed E-state index contributed by atoms with van der Waals surface area (Å²) in [5, 5.41) is 6.14. The van der Waals surface area contributed by atoms with Crippen LogP contribution in [0.3, 0.4) is 0 Å². The van der Waals surface area contributed by atoms with Gasteiger partial charge in [-0.2, -0.15) is 0 Å². The molecule has 6 heteroatoms. The number of hydrogen-bond acceptors (Lipinski definition) is 4. The van der Waals surface area contributed by atoms with Gasteiger partial charge in [-0.05, 0) is 5.92 Å². The van der Waals surface area contributed by atoms with Crippen LogP contribution in [0.5, 0.6) is 0 Å². The van der Waals surface area contributed by atoms with Gasteiger partial charge in [0.05, 0.1) is 6.54 Å². The van der Waals surface area contributed by atoms with E-state index in [1.807, 2.05) is 20.8 Å².